The smallest absolute Gasteiger partial charge is 0.0216 e. The Morgan fingerprint density at radius 3 is 0.864 bits per heavy atom. The molecule has 0 saturated heterocycles. The van der Waals surface area contributed by atoms with Crippen LogP contribution in [0.3, 0.4) is 0 Å². The zero-order chi connectivity index (χ0) is 32.0. The van der Waals surface area contributed by atoms with Gasteiger partial charge in [-0.05, 0) is 122 Å². The molecule has 2 aromatic rings. The average Bonchev–Trinajstić information content (AvgIpc) is 2.95. The Bertz CT molecular complexity index is 983. The molecule has 0 unspecified atom stereocenters. The van der Waals surface area contributed by atoms with Gasteiger partial charge in [0.05, 0.1) is 0 Å². The number of hydrogen-bond donors (Lipinski definition) is 8. The van der Waals surface area contributed by atoms with Crippen LogP contribution in [0.4, 0.5) is 0 Å². The van der Waals surface area contributed by atoms with Crippen molar-refractivity contribution in [2.45, 2.75) is 114 Å². The summed E-state index contributed by atoms with van der Waals surface area (Å²) in [5, 5.41) is 21.9. The maximum absolute atomic E-state index is 4.98. The third kappa shape index (κ3) is 13.0. The van der Waals surface area contributed by atoms with Gasteiger partial charge >= 0.3 is 0 Å². The summed E-state index contributed by atoms with van der Waals surface area (Å²) in [6, 6.07) is 9.38. The molecule has 0 aliphatic carbocycles. The maximum atomic E-state index is 4.98. The second-order valence-corrected chi connectivity index (χ2v) is 15.3. The van der Waals surface area contributed by atoms with Gasteiger partial charge in [0.25, 0.3) is 0 Å². The molecule has 248 valence electrons. The summed E-state index contributed by atoms with van der Waals surface area (Å²) in [5.41, 5.74) is 8.15. The minimum absolute atomic E-state index is 0.106. The van der Waals surface area contributed by atoms with Gasteiger partial charge in [-0.15, -0.1) is 25.3 Å². The van der Waals surface area contributed by atoms with Crippen LogP contribution in [0.2, 0.25) is 0 Å². The lowest BCUT2D eigenvalue weighted by atomic mass is 9.85. The molecule has 2 aromatic carbocycles. The highest BCUT2D eigenvalue weighted by Gasteiger charge is 2.19. The molecule has 0 saturated carbocycles. The molecule has 0 fully saturated rings. The Hall–Kier alpha value is -1.10. The Morgan fingerprint density at radius 2 is 0.636 bits per heavy atom. The average molecular weight is 643 g/mol. The molecule has 6 nitrogen and oxygen atoms in total. The topological polar surface area (TPSA) is 72.2 Å². The van der Waals surface area contributed by atoms with Crippen molar-refractivity contribution in [2.24, 2.45) is 0 Å². The van der Waals surface area contributed by atoms with E-state index >= 15 is 0 Å². The molecule has 8 heteroatoms. The van der Waals surface area contributed by atoms with Crippen molar-refractivity contribution >= 4 is 25.3 Å². The van der Waals surface area contributed by atoms with Crippen LogP contribution < -0.4 is 31.9 Å². The highest BCUT2D eigenvalue weighted by atomic mass is 32.1. The molecule has 6 N–H and O–H groups in total. The summed E-state index contributed by atoms with van der Waals surface area (Å²) < 4.78 is 0. The van der Waals surface area contributed by atoms with Crippen LogP contribution in [-0.4, -0.2) is 52.4 Å². The van der Waals surface area contributed by atoms with E-state index in [1.54, 1.807) is 0 Å². The van der Waals surface area contributed by atoms with E-state index in [1.807, 2.05) is 0 Å². The van der Waals surface area contributed by atoms with Gasteiger partial charge in [0.1, 0.15) is 0 Å². The fourth-order valence-corrected chi connectivity index (χ4v) is 6.00. The van der Waals surface area contributed by atoms with Crippen molar-refractivity contribution in [3.63, 3.8) is 0 Å². The van der Waals surface area contributed by atoms with E-state index in [1.165, 1.54) is 33.4 Å². The summed E-state index contributed by atoms with van der Waals surface area (Å²) >= 11 is 9.95. The molecule has 3 rings (SSSR count). The molecular formula is C36H62N6S2. The Labute approximate surface area is 280 Å². The second-order valence-electron chi connectivity index (χ2n) is 14.4. The Morgan fingerprint density at radius 1 is 0.409 bits per heavy atom. The van der Waals surface area contributed by atoms with Crippen molar-refractivity contribution in [3.8, 4) is 0 Å². The van der Waals surface area contributed by atoms with Crippen LogP contribution >= 0.6 is 25.3 Å². The molecule has 0 amide bonds. The van der Waals surface area contributed by atoms with Crippen molar-refractivity contribution in [1.29, 1.82) is 0 Å². The summed E-state index contributed by atoms with van der Waals surface area (Å²) in [4.78, 5) is 2.24. The number of hydrogen-bond acceptors (Lipinski definition) is 8. The first-order chi connectivity index (χ1) is 21.0. The van der Waals surface area contributed by atoms with Crippen molar-refractivity contribution in [1.82, 2.24) is 31.9 Å². The zero-order valence-corrected chi connectivity index (χ0v) is 30.3. The third-order valence-corrected chi connectivity index (χ3v) is 9.51. The van der Waals surface area contributed by atoms with E-state index in [-0.39, 0.29) is 10.8 Å². The highest BCUT2D eigenvalue weighted by molar-refractivity contribution is 7.80. The molecule has 0 atom stereocenters. The van der Waals surface area contributed by atoms with Gasteiger partial charge in [0.15, 0.2) is 0 Å². The molecule has 0 aromatic heterocycles. The van der Waals surface area contributed by atoms with E-state index in [2.05, 4.69) is 97.7 Å². The number of thiol groups is 2. The largest absolute Gasteiger partial charge is 0.317 e. The molecule has 1 aliphatic rings. The summed E-state index contributed by atoms with van der Waals surface area (Å²) in [6.07, 6.45) is 4.43. The second kappa shape index (κ2) is 18.9. The minimum Gasteiger partial charge on any atom is -0.317 e. The number of rotatable bonds is 0. The van der Waals surface area contributed by atoms with Gasteiger partial charge in [-0.25, -0.2) is 0 Å². The van der Waals surface area contributed by atoms with Crippen LogP contribution in [-0.2, 0) is 37.0 Å². The van der Waals surface area contributed by atoms with Gasteiger partial charge in [0, 0.05) is 36.0 Å². The first-order valence-corrected chi connectivity index (χ1v) is 17.8. The molecular weight excluding hydrogens is 581 g/mol. The van der Waals surface area contributed by atoms with Crippen molar-refractivity contribution < 1.29 is 0 Å². The van der Waals surface area contributed by atoms with Crippen LogP contribution in [0.15, 0.2) is 34.1 Å². The van der Waals surface area contributed by atoms with Crippen LogP contribution in [0.1, 0.15) is 101 Å². The van der Waals surface area contributed by atoms with Crippen molar-refractivity contribution in [3.05, 3.63) is 57.6 Å². The van der Waals surface area contributed by atoms with E-state index < -0.39 is 0 Å². The first-order valence-electron chi connectivity index (χ1n) is 16.9. The molecule has 44 heavy (non-hydrogen) atoms. The SMILES string of the molecule is CC(C)(C)c1cc2c(S)c(c1)CNCCCNCCCNCc1cc(C(C)(C)C)cc(c1S)CNCCCNCCCNC2. The van der Waals surface area contributed by atoms with Gasteiger partial charge in [-0.1, -0.05) is 65.8 Å². The maximum Gasteiger partial charge on any atom is 0.0216 e. The molecule has 0 spiro atoms. The number of benzene rings is 2. The normalized spacial score (nSPS) is 18.7. The Kier molecular flexibility index (Phi) is 16.0. The fourth-order valence-electron chi connectivity index (χ4n) is 5.42. The molecule has 0 radical (unpaired) electrons. The summed E-state index contributed by atoms with van der Waals surface area (Å²) in [6.45, 7) is 25.2. The Balaban J connectivity index is 1.59. The van der Waals surface area contributed by atoms with Crippen molar-refractivity contribution in [2.75, 3.05) is 52.4 Å². The van der Waals surface area contributed by atoms with Gasteiger partial charge in [0.2, 0.25) is 0 Å². The third-order valence-electron chi connectivity index (χ3n) is 8.36. The fraction of sp³-hybridized carbons (Fsp3) is 0.667. The van der Waals surface area contributed by atoms with Gasteiger partial charge < -0.3 is 31.9 Å². The van der Waals surface area contributed by atoms with Crippen LogP contribution in [0.25, 0.3) is 0 Å². The van der Waals surface area contributed by atoms with Crippen LogP contribution in [0, 0.1) is 0 Å². The predicted molar refractivity (Wildman–Crippen MR) is 196 cm³/mol. The predicted octanol–water partition coefficient (Wildman–Crippen LogP) is 5.67. The van der Waals surface area contributed by atoms with E-state index in [4.69, 9.17) is 25.3 Å². The van der Waals surface area contributed by atoms with Gasteiger partial charge in [-0.3, -0.25) is 0 Å². The summed E-state index contributed by atoms with van der Waals surface area (Å²) in [5.74, 6) is 0. The van der Waals surface area contributed by atoms with E-state index in [9.17, 15) is 0 Å². The van der Waals surface area contributed by atoms with Gasteiger partial charge in [-0.2, -0.15) is 0 Å². The zero-order valence-electron chi connectivity index (χ0n) is 28.5. The summed E-state index contributed by atoms with van der Waals surface area (Å²) in [7, 11) is 0. The lowest BCUT2D eigenvalue weighted by molar-refractivity contribution is 0.552. The molecule has 4 bridgehead atoms. The van der Waals surface area contributed by atoms with Crippen LogP contribution in [0.5, 0.6) is 0 Å². The monoisotopic (exact) mass is 642 g/mol. The highest BCUT2D eigenvalue weighted by Crippen LogP contribution is 2.30. The standard InChI is InChI=1S/C36H62N6S2/c1-35(2,3)31-19-27-23-39-15-7-11-37-13-9-17-41-25-29-21-32(36(4,5)6)22-30(34(29)44)26-42-18-10-14-38-12-8-16-40-24-28(20-31)33(27)43/h19-22,37-44H,7-18,23-26H2,1-6H3. The quantitative estimate of drug-likeness (QED) is 0.177. The first kappa shape index (κ1) is 37.4. The number of nitrogens with one attached hydrogen (secondary N) is 6. The van der Waals surface area contributed by atoms with E-state index in [0.29, 0.717) is 0 Å². The van der Waals surface area contributed by atoms with E-state index in [0.717, 1.165) is 114 Å². The minimum atomic E-state index is 0.106. The number of fused-ring (bicyclic) bond motifs is 4. The molecule has 1 aliphatic heterocycles. The lowest BCUT2D eigenvalue weighted by Crippen LogP contribution is -2.26. The molecule has 1 heterocycles. The lowest BCUT2D eigenvalue weighted by Gasteiger charge is -2.23.